The van der Waals surface area contributed by atoms with Gasteiger partial charge in [-0.05, 0) is 49.9 Å². The van der Waals surface area contributed by atoms with Crippen LogP contribution in [0.25, 0.3) is 12.2 Å². The monoisotopic (exact) mass is 378 g/mol. The summed E-state index contributed by atoms with van der Waals surface area (Å²) in [6.45, 7) is 9.51. The van der Waals surface area contributed by atoms with Crippen molar-refractivity contribution in [3.05, 3.63) is 64.2 Å². The van der Waals surface area contributed by atoms with Crippen molar-refractivity contribution in [3.63, 3.8) is 0 Å². The molecule has 0 unspecified atom stereocenters. The van der Waals surface area contributed by atoms with Gasteiger partial charge >= 0.3 is 0 Å². The lowest BCUT2D eigenvalue weighted by atomic mass is 10.0. The Morgan fingerprint density at radius 2 is 1.25 bits per heavy atom. The number of unbranched alkanes of at least 4 members (excludes halogenated alkanes) is 7. The van der Waals surface area contributed by atoms with Crippen molar-refractivity contribution >= 4 is 12.2 Å². The van der Waals surface area contributed by atoms with Crippen LogP contribution in [0.4, 0.5) is 0 Å². The van der Waals surface area contributed by atoms with Crippen LogP contribution >= 0.6 is 0 Å². The molecule has 0 aromatic heterocycles. The highest BCUT2D eigenvalue weighted by Gasteiger charge is 2.03. The molecule has 0 spiro atoms. The van der Waals surface area contributed by atoms with E-state index in [1.807, 2.05) is 0 Å². The van der Waals surface area contributed by atoms with Gasteiger partial charge in [0.15, 0.2) is 0 Å². The van der Waals surface area contributed by atoms with E-state index in [9.17, 15) is 0 Å². The van der Waals surface area contributed by atoms with Gasteiger partial charge < -0.3 is 4.74 Å². The quantitative estimate of drug-likeness (QED) is 0.266. The molecule has 1 heteroatoms. The summed E-state index contributed by atoms with van der Waals surface area (Å²) in [5.74, 6) is 1.00. The van der Waals surface area contributed by atoms with Gasteiger partial charge in [0.25, 0.3) is 0 Å². The molecular formula is C27H38O. The molecule has 2 aromatic rings. The number of hydrogen-bond donors (Lipinski definition) is 0. The Bertz CT molecular complexity index is 742. The van der Waals surface area contributed by atoms with E-state index in [0.29, 0.717) is 0 Å². The lowest BCUT2D eigenvalue weighted by molar-refractivity contribution is 0.303. The van der Waals surface area contributed by atoms with E-state index in [-0.39, 0.29) is 0 Å². The van der Waals surface area contributed by atoms with E-state index in [1.165, 1.54) is 67.2 Å². The molecule has 0 fully saturated rings. The molecule has 152 valence electrons. The van der Waals surface area contributed by atoms with E-state index < -0.39 is 0 Å². The van der Waals surface area contributed by atoms with Gasteiger partial charge in [-0.3, -0.25) is 0 Å². The van der Waals surface area contributed by atoms with Gasteiger partial charge in [0, 0.05) is 5.56 Å². The Balaban J connectivity index is 1.85. The first-order chi connectivity index (χ1) is 13.6. The van der Waals surface area contributed by atoms with Crippen molar-refractivity contribution in [1.29, 1.82) is 0 Å². The molecule has 0 aliphatic heterocycles. The predicted molar refractivity (Wildman–Crippen MR) is 124 cm³/mol. The summed E-state index contributed by atoms with van der Waals surface area (Å²) in [5.41, 5.74) is 6.28. The molecular weight excluding hydrogens is 340 g/mol. The topological polar surface area (TPSA) is 9.23 Å². The molecule has 0 radical (unpaired) electrons. The average Bonchev–Trinajstić information content (AvgIpc) is 2.67. The lowest BCUT2D eigenvalue weighted by Gasteiger charge is -2.11. The Morgan fingerprint density at radius 1 is 0.679 bits per heavy atom. The van der Waals surface area contributed by atoms with E-state index in [1.54, 1.807) is 0 Å². The molecule has 28 heavy (non-hydrogen) atoms. The molecule has 0 heterocycles. The zero-order chi connectivity index (χ0) is 20.2. The fourth-order valence-corrected chi connectivity index (χ4v) is 3.51. The molecule has 0 amide bonds. The van der Waals surface area contributed by atoms with Crippen molar-refractivity contribution in [1.82, 2.24) is 0 Å². The van der Waals surface area contributed by atoms with Crippen LogP contribution in [-0.4, -0.2) is 6.61 Å². The SMILES string of the molecule is CCCCCCCCCCOc1cc(C)ccc1/C=C/c1ccc(C)cc1C. The van der Waals surface area contributed by atoms with Crippen LogP contribution < -0.4 is 4.74 Å². The predicted octanol–water partition coefficient (Wildman–Crippen LogP) is 8.30. The maximum Gasteiger partial charge on any atom is 0.126 e. The maximum absolute atomic E-state index is 6.15. The minimum Gasteiger partial charge on any atom is -0.493 e. The molecule has 1 nitrogen and oxygen atoms in total. The number of aryl methyl sites for hydroxylation is 3. The minimum absolute atomic E-state index is 0.808. The second kappa shape index (κ2) is 12.4. The lowest BCUT2D eigenvalue weighted by Crippen LogP contribution is -1.99. The van der Waals surface area contributed by atoms with Gasteiger partial charge in [-0.1, -0.05) is 99.9 Å². The highest BCUT2D eigenvalue weighted by Crippen LogP contribution is 2.24. The molecule has 0 aliphatic rings. The van der Waals surface area contributed by atoms with Gasteiger partial charge in [0.2, 0.25) is 0 Å². The number of ether oxygens (including phenoxy) is 1. The maximum atomic E-state index is 6.15. The summed E-state index contributed by atoms with van der Waals surface area (Å²) in [6.07, 6.45) is 15.0. The van der Waals surface area contributed by atoms with Crippen molar-refractivity contribution in [2.75, 3.05) is 6.61 Å². The normalized spacial score (nSPS) is 11.3. The second-order valence-corrected chi connectivity index (χ2v) is 8.06. The van der Waals surface area contributed by atoms with Crippen LogP contribution in [-0.2, 0) is 0 Å². The van der Waals surface area contributed by atoms with Gasteiger partial charge in [-0.15, -0.1) is 0 Å². The molecule has 2 rings (SSSR count). The molecule has 0 N–H and O–H groups in total. The summed E-state index contributed by atoms with van der Waals surface area (Å²) in [4.78, 5) is 0. The van der Waals surface area contributed by atoms with Gasteiger partial charge in [-0.25, -0.2) is 0 Å². The largest absolute Gasteiger partial charge is 0.493 e. The Labute approximate surface area is 172 Å². The molecule has 0 bridgehead atoms. The third kappa shape index (κ3) is 7.92. The fraction of sp³-hybridized carbons (Fsp3) is 0.481. The summed E-state index contributed by atoms with van der Waals surface area (Å²) in [5, 5.41) is 0. The van der Waals surface area contributed by atoms with Crippen LogP contribution in [0.15, 0.2) is 36.4 Å². The highest BCUT2D eigenvalue weighted by molar-refractivity contribution is 5.74. The zero-order valence-corrected chi connectivity index (χ0v) is 18.4. The second-order valence-electron chi connectivity index (χ2n) is 8.06. The van der Waals surface area contributed by atoms with Crippen LogP contribution in [0.3, 0.4) is 0 Å². The summed E-state index contributed by atoms with van der Waals surface area (Å²) in [6, 6.07) is 13.1. The van der Waals surface area contributed by atoms with E-state index in [0.717, 1.165) is 24.3 Å². The summed E-state index contributed by atoms with van der Waals surface area (Å²) < 4.78 is 6.15. The molecule has 0 saturated heterocycles. The van der Waals surface area contributed by atoms with Crippen LogP contribution in [0.1, 0.15) is 86.1 Å². The highest BCUT2D eigenvalue weighted by atomic mass is 16.5. The van der Waals surface area contributed by atoms with Crippen molar-refractivity contribution in [3.8, 4) is 5.75 Å². The first kappa shape index (κ1) is 22.3. The Hall–Kier alpha value is -2.02. The standard InChI is InChI=1S/C27H38O/c1-5-6-7-8-9-10-11-12-19-28-27-21-23(3)14-16-26(27)18-17-25-15-13-22(2)20-24(25)4/h13-18,20-21H,5-12,19H2,1-4H3/b18-17+. The Morgan fingerprint density at radius 3 is 1.93 bits per heavy atom. The number of rotatable bonds is 12. The summed E-state index contributed by atoms with van der Waals surface area (Å²) >= 11 is 0. The van der Waals surface area contributed by atoms with Gasteiger partial charge in [0.05, 0.1) is 6.61 Å². The minimum atomic E-state index is 0.808. The number of benzene rings is 2. The fourth-order valence-electron chi connectivity index (χ4n) is 3.51. The van der Waals surface area contributed by atoms with E-state index >= 15 is 0 Å². The van der Waals surface area contributed by atoms with Crippen LogP contribution in [0.5, 0.6) is 5.75 Å². The third-order valence-electron chi connectivity index (χ3n) is 5.29. The van der Waals surface area contributed by atoms with Crippen molar-refractivity contribution in [2.45, 2.75) is 79.1 Å². The average molecular weight is 379 g/mol. The van der Waals surface area contributed by atoms with E-state index in [2.05, 4.69) is 76.2 Å². The Kier molecular flexibility index (Phi) is 9.90. The van der Waals surface area contributed by atoms with Crippen LogP contribution in [0.2, 0.25) is 0 Å². The molecule has 0 aliphatic carbocycles. The molecule has 0 atom stereocenters. The van der Waals surface area contributed by atoms with Gasteiger partial charge in [0.1, 0.15) is 5.75 Å². The zero-order valence-electron chi connectivity index (χ0n) is 18.4. The van der Waals surface area contributed by atoms with Gasteiger partial charge in [-0.2, -0.15) is 0 Å². The number of hydrogen-bond acceptors (Lipinski definition) is 1. The third-order valence-corrected chi connectivity index (χ3v) is 5.29. The first-order valence-corrected chi connectivity index (χ1v) is 11.1. The van der Waals surface area contributed by atoms with Crippen molar-refractivity contribution in [2.24, 2.45) is 0 Å². The van der Waals surface area contributed by atoms with E-state index in [4.69, 9.17) is 4.74 Å². The molecule has 2 aromatic carbocycles. The summed E-state index contributed by atoms with van der Waals surface area (Å²) in [7, 11) is 0. The smallest absolute Gasteiger partial charge is 0.126 e. The van der Waals surface area contributed by atoms with Crippen LogP contribution in [0, 0.1) is 20.8 Å². The van der Waals surface area contributed by atoms with Crippen molar-refractivity contribution < 1.29 is 4.74 Å². The molecule has 0 saturated carbocycles. The first-order valence-electron chi connectivity index (χ1n) is 11.1.